The lowest BCUT2D eigenvalue weighted by atomic mass is 9.94. The van der Waals surface area contributed by atoms with Crippen molar-refractivity contribution in [2.75, 3.05) is 12.1 Å². The predicted octanol–water partition coefficient (Wildman–Crippen LogP) is 3.63. The summed E-state index contributed by atoms with van der Waals surface area (Å²) in [5.41, 5.74) is 2.04. The lowest BCUT2D eigenvalue weighted by molar-refractivity contribution is -0.118. The molecule has 0 atom stereocenters. The minimum Gasteiger partial charge on any atom is -0.454 e. The van der Waals surface area contributed by atoms with E-state index in [1.807, 2.05) is 48.5 Å². The highest BCUT2D eigenvalue weighted by atomic mass is 16.7. The largest absolute Gasteiger partial charge is 0.454 e. The minimum absolute atomic E-state index is 0.00418. The average Bonchev–Trinajstić information content (AvgIpc) is 3.33. The van der Waals surface area contributed by atoms with Gasteiger partial charge in [0.1, 0.15) is 0 Å². The SMILES string of the molecule is O=C(Nc1cccc2cccnc12)C1(c2ccc3c(c2)OCO3)CC1. The quantitative estimate of drug-likeness (QED) is 0.795. The number of rotatable bonds is 3. The number of aromatic nitrogens is 1. The van der Waals surface area contributed by atoms with Gasteiger partial charge in [-0.3, -0.25) is 9.78 Å². The zero-order chi connectivity index (χ0) is 16.9. The molecule has 2 aliphatic rings. The molecule has 1 aromatic heterocycles. The number of anilines is 1. The number of hydrogen-bond donors (Lipinski definition) is 1. The van der Waals surface area contributed by atoms with Crippen LogP contribution in [0.25, 0.3) is 10.9 Å². The Morgan fingerprint density at radius 1 is 1.04 bits per heavy atom. The van der Waals surface area contributed by atoms with Gasteiger partial charge in [-0.05, 0) is 42.7 Å². The van der Waals surface area contributed by atoms with Crippen LogP contribution >= 0.6 is 0 Å². The molecule has 5 nitrogen and oxygen atoms in total. The summed E-state index contributed by atoms with van der Waals surface area (Å²) in [6.45, 7) is 0.236. The number of nitrogens with one attached hydrogen (secondary N) is 1. The van der Waals surface area contributed by atoms with Gasteiger partial charge in [0, 0.05) is 11.6 Å². The second-order valence-corrected chi connectivity index (χ2v) is 6.48. The number of pyridine rings is 1. The van der Waals surface area contributed by atoms with Crippen LogP contribution in [0.4, 0.5) is 5.69 Å². The van der Waals surface area contributed by atoms with Crippen molar-refractivity contribution in [3.8, 4) is 11.5 Å². The van der Waals surface area contributed by atoms with Crippen molar-refractivity contribution >= 4 is 22.5 Å². The Balaban J connectivity index is 1.48. The van der Waals surface area contributed by atoms with Gasteiger partial charge in [-0.15, -0.1) is 0 Å². The first-order valence-corrected chi connectivity index (χ1v) is 8.32. The Kier molecular flexibility index (Phi) is 2.98. The summed E-state index contributed by atoms with van der Waals surface area (Å²) in [5, 5.41) is 4.09. The summed E-state index contributed by atoms with van der Waals surface area (Å²) in [4.78, 5) is 17.4. The molecule has 124 valence electrons. The van der Waals surface area contributed by atoms with E-state index in [9.17, 15) is 4.79 Å². The molecule has 0 radical (unpaired) electrons. The maximum Gasteiger partial charge on any atom is 0.235 e. The predicted molar refractivity (Wildman–Crippen MR) is 93.8 cm³/mol. The molecule has 1 amide bonds. The summed E-state index contributed by atoms with van der Waals surface area (Å²) in [6, 6.07) is 15.5. The van der Waals surface area contributed by atoms with Crippen LogP contribution < -0.4 is 14.8 Å². The molecule has 1 aliphatic carbocycles. The van der Waals surface area contributed by atoms with E-state index in [2.05, 4.69) is 10.3 Å². The summed E-state index contributed by atoms with van der Waals surface area (Å²) in [5.74, 6) is 1.45. The number of carbonyl (C=O) groups is 1. The fourth-order valence-corrected chi connectivity index (χ4v) is 3.41. The van der Waals surface area contributed by atoms with Gasteiger partial charge in [-0.1, -0.05) is 24.3 Å². The molecule has 0 bridgehead atoms. The Labute approximate surface area is 144 Å². The molecule has 3 aromatic rings. The van der Waals surface area contributed by atoms with Gasteiger partial charge in [0.2, 0.25) is 12.7 Å². The molecular weight excluding hydrogens is 316 g/mol. The Morgan fingerprint density at radius 3 is 2.76 bits per heavy atom. The van der Waals surface area contributed by atoms with Crippen LogP contribution in [0.1, 0.15) is 18.4 Å². The van der Waals surface area contributed by atoms with Crippen molar-refractivity contribution in [3.05, 3.63) is 60.3 Å². The minimum atomic E-state index is -0.488. The molecule has 0 spiro atoms. The highest BCUT2D eigenvalue weighted by Gasteiger charge is 2.51. The molecule has 1 fully saturated rings. The lowest BCUT2D eigenvalue weighted by Gasteiger charge is -2.17. The van der Waals surface area contributed by atoms with Gasteiger partial charge in [0.15, 0.2) is 11.5 Å². The highest BCUT2D eigenvalue weighted by Crippen LogP contribution is 2.51. The molecule has 1 aliphatic heterocycles. The van der Waals surface area contributed by atoms with Crippen molar-refractivity contribution in [2.45, 2.75) is 18.3 Å². The molecule has 5 heteroatoms. The van der Waals surface area contributed by atoms with E-state index in [1.165, 1.54) is 0 Å². The lowest BCUT2D eigenvalue weighted by Crippen LogP contribution is -2.27. The second kappa shape index (κ2) is 5.21. The summed E-state index contributed by atoms with van der Waals surface area (Å²) in [6.07, 6.45) is 3.40. The molecule has 1 saturated carbocycles. The van der Waals surface area contributed by atoms with E-state index >= 15 is 0 Å². The number of fused-ring (bicyclic) bond motifs is 2. The van der Waals surface area contributed by atoms with E-state index in [1.54, 1.807) is 6.20 Å². The molecular formula is C20H16N2O3. The molecule has 25 heavy (non-hydrogen) atoms. The van der Waals surface area contributed by atoms with Crippen molar-refractivity contribution in [3.63, 3.8) is 0 Å². The van der Waals surface area contributed by atoms with Gasteiger partial charge in [-0.25, -0.2) is 0 Å². The van der Waals surface area contributed by atoms with Crippen LogP contribution in [0.2, 0.25) is 0 Å². The first-order chi connectivity index (χ1) is 12.3. The fourth-order valence-electron chi connectivity index (χ4n) is 3.41. The number of para-hydroxylation sites is 1. The van der Waals surface area contributed by atoms with Crippen molar-refractivity contribution in [1.82, 2.24) is 4.98 Å². The molecule has 2 aromatic carbocycles. The van der Waals surface area contributed by atoms with Crippen molar-refractivity contribution < 1.29 is 14.3 Å². The number of carbonyl (C=O) groups excluding carboxylic acids is 1. The van der Waals surface area contributed by atoms with Gasteiger partial charge in [0.05, 0.1) is 16.6 Å². The van der Waals surface area contributed by atoms with Gasteiger partial charge < -0.3 is 14.8 Å². The number of amides is 1. The third-order valence-corrected chi connectivity index (χ3v) is 4.99. The highest BCUT2D eigenvalue weighted by molar-refractivity contribution is 6.06. The van der Waals surface area contributed by atoms with Crippen LogP contribution in [0.15, 0.2) is 54.7 Å². The zero-order valence-corrected chi connectivity index (χ0v) is 13.5. The zero-order valence-electron chi connectivity index (χ0n) is 13.5. The molecule has 1 N–H and O–H groups in total. The van der Waals surface area contributed by atoms with Crippen LogP contribution in [-0.4, -0.2) is 17.7 Å². The Bertz CT molecular complexity index is 990. The number of ether oxygens (including phenoxy) is 2. The van der Waals surface area contributed by atoms with E-state index in [0.29, 0.717) is 5.75 Å². The number of hydrogen-bond acceptors (Lipinski definition) is 4. The average molecular weight is 332 g/mol. The molecule has 0 saturated heterocycles. The van der Waals surface area contributed by atoms with Crippen LogP contribution in [-0.2, 0) is 10.2 Å². The van der Waals surface area contributed by atoms with Gasteiger partial charge in [0.25, 0.3) is 0 Å². The topological polar surface area (TPSA) is 60.5 Å². The standard InChI is InChI=1S/C20H16N2O3/c23-19(22-15-5-1-3-13-4-2-10-21-18(13)15)20(8-9-20)14-6-7-16-17(11-14)25-12-24-16/h1-7,10-11H,8-9,12H2,(H,22,23). The normalized spacial score (nSPS) is 16.6. The summed E-state index contributed by atoms with van der Waals surface area (Å²) < 4.78 is 10.8. The monoisotopic (exact) mass is 332 g/mol. The molecule has 2 heterocycles. The Hall–Kier alpha value is -3.08. The van der Waals surface area contributed by atoms with E-state index < -0.39 is 5.41 Å². The number of benzene rings is 2. The maximum atomic E-state index is 13.0. The van der Waals surface area contributed by atoms with Crippen molar-refractivity contribution in [2.24, 2.45) is 0 Å². The van der Waals surface area contributed by atoms with Gasteiger partial charge in [-0.2, -0.15) is 0 Å². The maximum absolute atomic E-state index is 13.0. The number of nitrogens with zero attached hydrogens (tertiary/aromatic N) is 1. The molecule has 0 unspecified atom stereocenters. The van der Waals surface area contributed by atoms with Crippen LogP contribution in [0.5, 0.6) is 11.5 Å². The van der Waals surface area contributed by atoms with Crippen LogP contribution in [0.3, 0.4) is 0 Å². The first kappa shape index (κ1) is 14.3. The summed E-state index contributed by atoms with van der Waals surface area (Å²) >= 11 is 0. The van der Waals surface area contributed by atoms with E-state index in [-0.39, 0.29) is 12.7 Å². The second-order valence-electron chi connectivity index (χ2n) is 6.48. The van der Waals surface area contributed by atoms with Crippen molar-refractivity contribution in [1.29, 1.82) is 0 Å². The van der Waals surface area contributed by atoms with E-state index in [0.717, 1.165) is 40.7 Å². The first-order valence-electron chi connectivity index (χ1n) is 8.32. The molecule has 5 rings (SSSR count). The third-order valence-electron chi connectivity index (χ3n) is 4.99. The summed E-state index contributed by atoms with van der Waals surface area (Å²) in [7, 11) is 0. The van der Waals surface area contributed by atoms with Crippen LogP contribution in [0, 0.1) is 0 Å². The third kappa shape index (κ3) is 2.23. The van der Waals surface area contributed by atoms with Gasteiger partial charge >= 0.3 is 0 Å². The Morgan fingerprint density at radius 2 is 1.88 bits per heavy atom. The smallest absolute Gasteiger partial charge is 0.235 e. The fraction of sp³-hybridized carbons (Fsp3) is 0.200. The van der Waals surface area contributed by atoms with E-state index in [4.69, 9.17) is 9.47 Å².